The number of hydrogen-bond donors (Lipinski definition) is 2. The van der Waals surface area contributed by atoms with Gasteiger partial charge in [0, 0.05) is 13.0 Å². The lowest BCUT2D eigenvalue weighted by Gasteiger charge is -2.18. The second-order valence-corrected chi connectivity index (χ2v) is 4.49. The molecule has 0 bridgehead atoms. The minimum Gasteiger partial charge on any atom is -0.493 e. The van der Waals surface area contributed by atoms with Crippen LogP contribution in [0.5, 0.6) is 5.75 Å². The number of aliphatic hydroxyl groups is 2. The van der Waals surface area contributed by atoms with E-state index in [0.29, 0.717) is 19.4 Å². The van der Waals surface area contributed by atoms with Gasteiger partial charge in [-0.2, -0.15) is 0 Å². The van der Waals surface area contributed by atoms with Gasteiger partial charge in [-0.25, -0.2) is 0 Å². The Balaban J connectivity index is 2.52. The highest BCUT2D eigenvalue weighted by atomic mass is 16.5. The number of ether oxygens (including phenoxy) is 1. The van der Waals surface area contributed by atoms with Gasteiger partial charge in [0.25, 0.3) is 0 Å². The quantitative estimate of drug-likeness (QED) is 0.774. The van der Waals surface area contributed by atoms with Crippen LogP contribution in [0.25, 0.3) is 0 Å². The molecule has 0 aliphatic carbocycles. The first-order chi connectivity index (χ1) is 7.53. The summed E-state index contributed by atoms with van der Waals surface area (Å²) in [6, 6.07) is 7.65. The molecule has 0 spiro atoms. The number of rotatable bonds is 6. The van der Waals surface area contributed by atoms with E-state index in [1.54, 1.807) is 13.8 Å². The molecule has 0 radical (unpaired) electrons. The van der Waals surface area contributed by atoms with Gasteiger partial charge in [0.1, 0.15) is 5.75 Å². The van der Waals surface area contributed by atoms with Crippen LogP contribution in [-0.4, -0.2) is 29.0 Å². The molecule has 0 saturated carbocycles. The summed E-state index contributed by atoms with van der Waals surface area (Å²) in [6.45, 7) is 4.11. The van der Waals surface area contributed by atoms with Gasteiger partial charge in [-0.3, -0.25) is 0 Å². The molecule has 2 N–H and O–H groups in total. The fourth-order valence-corrected chi connectivity index (χ4v) is 1.38. The normalized spacial score (nSPS) is 11.5. The molecule has 0 heterocycles. The van der Waals surface area contributed by atoms with E-state index < -0.39 is 5.60 Å². The Morgan fingerprint density at radius 3 is 2.56 bits per heavy atom. The van der Waals surface area contributed by atoms with Crippen LogP contribution in [0.15, 0.2) is 24.3 Å². The summed E-state index contributed by atoms with van der Waals surface area (Å²) in [4.78, 5) is 0. The van der Waals surface area contributed by atoms with Crippen LogP contribution in [0.2, 0.25) is 0 Å². The zero-order valence-corrected chi connectivity index (χ0v) is 9.94. The maximum atomic E-state index is 9.55. The lowest BCUT2D eigenvalue weighted by Crippen LogP contribution is -2.22. The molecule has 0 aliphatic heterocycles. The Hall–Kier alpha value is -1.06. The van der Waals surface area contributed by atoms with Crippen LogP contribution in [0, 0.1) is 0 Å². The summed E-state index contributed by atoms with van der Waals surface area (Å²) in [5.74, 6) is 0.792. The van der Waals surface area contributed by atoms with Crippen molar-refractivity contribution in [1.29, 1.82) is 0 Å². The molecule has 0 aromatic heterocycles. The molecule has 0 aliphatic rings. The predicted molar refractivity (Wildman–Crippen MR) is 63.6 cm³/mol. The van der Waals surface area contributed by atoms with Crippen molar-refractivity contribution in [2.45, 2.75) is 32.3 Å². The van der Waals surface area contributed by atoms with Gasteiger partial charge in [-0.05, 0) is 31.9 Å². The molecule has 3 heteroatoms. The third-order valence-corrected chi connectivity index (χ3v) is 2.33. The van der Waals surface area contributed by atoms with Crippen LogP contribution in [-0.2, 0) is 6.42 Å². The first kappa shape index (κ1) is 13.0. The molecule has 1 aromatic carbocycles. The second kappa shape index (κ2) is 5.87. The minimum absolute atomic E-state index is 0.117. The van der Waals surface area contributed by atoms with Crippen molar-refractivity contribution >= 4 is 0 Å². The number of hydrogen-bond acceptors (Lipinski definition) is 3. The van der Waals surface area contributed by atoms with Crippen LogP contribution in [0.1, 0.15) is 25.8 Å². The smallest absolute Gasteiger partial charge is 0.122 e. The lowest BCUT2D eigenvalue weighted by atomic mass is 10.1. The van der Waals surface area contributed by atoms with Gasteiger partial charge in [0.05, 0.1) is 12.2 Å². The molecular formula is C13H20O3. The molecular weight excluding hydrogens is 204 g/mol. The van der Waals surface area contributed by atoms with E-state index in [-0.39, 0.29) is 6.61 Å². The van der Waals surface area contributed by atoms with Crippen molar-refractivity contribution in [3.8, 4) is 5.75 Å². The topological polar surface area (TPSA) is 49.7 Å². The molecule has 0 atom stereocenters. The van der Waals surface area contributed by atoms with Gasteiger partial charge < -0.3 is 14.9 Å². The highest BCUT2D eigenvalue weighted by molar-refractivity contribution is 5.33. The summed E-state index contributed by atoms with van der Waals surface area (Å²) in [5.41, 5.74) is 0.298. The fraction of sp³-hybridized carbons (Fsp3) is 0.538. The number of para-hydroxylation sites is 1. The van der Waals surface area contributed by atoms with Crippen LogP contribution in [0.4, 0.5) is 0 Å². The first-order valence-corrected chi connectivity index (χ1v) is 5.57. The highest BCUT2D eigenvalue weighted by Crippen LogP contribution is 2.19. The lowest BCUT2D eigenvalue weighted by molar-refractivity contribution is 0.0551. The number of benzene rings is 1. The molecule has 0 fully saturated rings. The average molecular weight is 224 g/mol. The van der Waals surface area contributed by atoms with Crippen molar-refractivity contribution in [3.63, 3.8) is 0 Å². The molecule has 90 valence electrons. The molecule has 16 heavy (non-hydrogen) atoms. The Labute approximate surface area is 96.7 Å². The van der Waals surface area contributed by atoms with Crippen molar-refractivity contribution < 1.29 is 14.9 Å². The standard InChI is InChI=1S/C13H20O3/c1-13(2,15)8-10-16-12-6-4-3-5-11(12)7-9-14/h3-6,14-15H,7-10H2,1-2H3. The van der Waals surface area contributed by atoms with E-state index in [0.717, 1.165) is 11.3 Å². The van der Waals surface area contributed by atoms with Crippen molar-refractivity contribution in [2.24, 2.45) is 0 Å². The van der Waals surface area contributed by atoms with E-state index in [1.165, 1.54) is 0 Å². The molecule has 3 nitrogen and oxygen atoms in total. The third-order valence-electron chi connectivity index (χ3n) is 2.33. The summed E-state index contributed by atoms with van der Waals surface area (Å²) >= 11 is 0. The SMILES string of the molecule is CC(C)(O)CCOc1ccccc1CCO. The van der Waals surface area contributed by atoms with Crippen LogP contribution >= 0.6 is 0 Å². The van der Waals surface area contributed by atoms with Crippen molar-refractivity contribution in [1.82, 2.24) is 0 Å². The van der Waals surface area contributed by atoms with E-state index in [9.17, 15) is 5.11 Å². The monoisotopic (exact) mass is 224 g/mol. The first-order valence-electron chi connectivity index (χ1n) is 5.57. The average Bonchev–Trinajstić information content (AvgIpc) is 2.19. The fourth-order valence-electron chi connectivity index (χ4n) is 1.38. The maximum absolute atomic E-state index is 9.55. The zero-order chi connectivity index (χ0) is 12.0. The maximum Gasteiger partial charge on any atom is 0.122 e. The van der Waals surface area contributed by atoms with Gasteiger partial charge in [-0.1, -0.05) is 18.2 Å². The predicted octanol–water partition coefficient (Wildman–Crippen LogP) is 1.76. The van der Waals surface area contributed by atoms with Crippen molar-refractivity contribution in [3.05, 3.63) is 29.8 Å². The van der Waals surface area contributed by atoms with E-state index in [1.807, 2.05) is 24.3 Å². The van der Waals surface area contributed by atoms with Crippen LogP contribution < -0.4 is 4.74 Å². The largest absolute Gasteiger partial charge is 0.493 e. The Morgan fingerprint density at radius 2 is 1.94 bits per heavy atom. The Kier molecular flexibility index (Phi) is 4.77. The summed E-state index contributed by atoms with van der Waals surface area (Å²) in [5, 5.41) is 18.5. The molecule has 1 rings (SSSR count). The van der Waals surface area contributed by atoms with Crippen molar-refractivity contribution in [2.75, 3.05) is 13.2 Å². The minimum atomic E-state index is -0.702. The van der Waals surface area contributed by atoms with E-state index >= 15 is 0 Å². The summed E-state index contributed by atoms with van der Waals surface area (Å²) in [7, 11) is 0. The van der Waals surface area contributed by atoms with E-state index in [2.05, 4.69) is 0 Å². The van der Waals surface area contributed by atoms with Gasteiger partial charge >= 0.3 is 0 Å². The summed E-state index contributed by atoms with van der Waals surface area (Å²) in [6.07, 6.45) is 1.18. The van der Waals surface area contributed by atoms with Crippen LogP contribution in [0.3, 0.4) is 0 Å². The highest BCUT2D eigenvalue weighted by Gasteiger charge is 2.12. The second-order valence-electron chi connectivity index (χ2n) is 4.49. The molecule has 0 unspecified atom stereocenters. The van der Waals surface area contributed by atoms with Gasteiger partial charge in [0.15, 0.2) is 0 Å². The molecule has 0 amide bonds. The zero-order valence-electron chi connectivity index (χ0n) is 9.94. The summed E-state index contributed by atoms with van der Waals surface area (Å²) < 4.78 is 5.59. The van der Waals surface area contributed by atoms with Gasteiger partial charge in [0.2, 0.25) is 0 Å². The van der Waals surface area contributed by atoms with E-state index in [4.69, 9.17) is 9.84 Å². The Morgan fingerprint density at radius 1 is 1.25 bits per heavy atom. The third kappa shape index (κ3) is 4.64. The molecule has 0 saturated heterocycles. The Bertz CT molecular complexity index is 315. The molecule has 1 aromatic rings. The van der Waals surface area contributed by atoms with Gasteiger partial charge in [-0.15, -0.1) is 0 Å². The number of aliphatic hydroxyl groups excluding tert-OH is 1.